The molecule has 0 saturated carbocycles. The third-order valence-electron chi connectivity index (χ3n) is 4.61. The van der Waals surface area contributed by atoms with E-state index in [9.17, 15) is 9.59 Å². The first-order valence-corrected chi connectivity index (χ1v) is 8.94. The summed E-state index contributed by atoms with van der Waals surface area (Å²) in [7, 11) is 0. The molecule has 3 rings (SSSR count). The first-order valence-electron chi connectivity index (χ1n) is 8.94. The Labute approximate surface area is 158 Å². The van der Waals surface area contributed by atoms with E-state index in [1.165, 1.54) is 0 Å². The highest BCUT2D eigenvalue weighted by atomic mass is 16.5. The molecule has 0 aromatic heterocycles. The van der Waals surface area contributed by atoms with E-state index >= 15 is 0 Å². The lowest BCUT2D eigenvalue weighted by atomic mass is 9.88. The van der Waals surface area contributed by atoms with Gasteiger partial charge < -0.3 is 9.64 Å². The summed E-state index contributed by atoms with van der Waals surface area (Å²) in [5.74, 6) is -0.502. The van der Waals surface area contributed by atoms with Crippen LogP contribution in [0, 0.1) is 5.41 Å². The van der Waals surface area contributed by atoms with Gasteiger partial charge in [0, 0.05) is 12.1 Å². The second-order valence-electron chi connectivity index (χ2n) is 6.62. The van der Waals surface area contributed by atoms with E-state index in [4.69, 9.17) is 4.74 Å². The van der Waals surface area contributed by atoms with E-state index in [1.54, 1.807) is 30.9 Å². The minimum absolute atomic E-state index is 0.129. The summed E-state index contributed by atoms with van der Waals surface area (Å²) in [6.07, 6.45) is 0. The Morgan fingerprint density at radius 1 is 1.11 bits per heavy atom. The van der Waals surface area contributed by atoms with E-state index in [0.29, 0.717) is 11.3 Å². The Balaban J connectivity index is 1.86. The van der Waals surface area contributed by atoms with E-state index in [0.717, 1.165) is 5.69 Å². The molecule has 27 heavy (non-hydrogen) atoms. The molecule has 2 aromatic carbocycles. The topological polar surface area (TPSA) is 71.0 Å². The van der Waals surface area contributed by atoms with Crippen LogP contribution in [0.2, 0.25) is 0 Å². The lowest BCUT2D eigenvalue weighted by Crippen LogP contribution is -2.39. The minimum atomic E-state index is -0.984. The summed E-state index contributed by atoms with van der Waals surface area (Å²) in [5.41, 5.74) is 3.97. The molecule has 6 nitrogen and oxygen atoms in total. The number of carbonyl (C=O) groups excluding carboxylic acids is 2. The number of hydrazone groups is 1. The summed E-state index contributed by atoms with van der Waals surface area (Å²) in [6, 6.07) is 18.5. The summed E-state index contributed by atoms with van der Waals surface area (Å²) in [4.78, 5) is 27.1. The quantitative estimate of drug-likeness (QED) is 0.653. The normalized spacial score (nSPS) is 20.5. The van der Waals surface area contributed by atoms with E-state index in [1.807, 2.05) is 48.5 Å². The number of ether oxygens (including phenoxy) is 1. The molecule has 140 valence electrons. The highest BCUT2D eigenvalue weighted by molar-refractivity contribution is 6.12. The van der Waals surface area contributed by atoms with Gasteiger partial charge in [0.25, 0.3) is 5.91 Å². The number of amides is 1. The first kappa shape index (κ1) is 18.6. The minimum Gasteiger partial charge on any atom is -0.465 e. The molecular weight excluding hydrogens is 342 g/mol. The van der Waals surface area contributed by atoms with Gasteiger partial charge in [-0.3, -0.25) is 15.0 Å². The van der Waals surface area contributed by atoms with Crippen molar-refractivity contribution in [3.63, 3.8) is 0 Å². The molecule has 1 amide bonds. The number of benzene rings is 2. The fourth-order valence-corrected chi connectivity index (χ4v) is 3.07. The second-order valence-corrected chi connectivity index (χ2v) is 6.62. The molecular formula is C21H23N3O3. The lowest BCUT2D eigenvalue weighted by Gasteiger charge is -2.22. The van der Waals surface area contributed by atoms with Crippen molar-refractivity contribution in [2.45, 2.75) is 13.8 Å². The number of hydrogen-bond donors (Lipinski definition) is 1. The second kappa shape index (κ2) is 8.03. The van der Waals surface area contributed by atoms with Crippen molar-refractivity contribution in [3.8, 4) is 0 Å². The van der Waals surface area contributed by atoms with Gasteiger partial charge in [-0.2, -0.15) is 5.10 Å². The van der Waals surface area contributed by atoms with Crippen LogP contribution in [0.5, 0.6) is 0 Å². The smallest absolute Gasteiger partial charge is 0.319 e. The molecule has 1 saturated heterocycles. The third-order valence-corrected chi connectivity index (χ3v) is 4.61. The molecule has 1 aliphatic heterocycles. The van der Waals surface area contributed by atoms with Gasteiger partial charge in [0.1, 0.15) is 5.41 Å². The largest absolute Gasteiger partial charge is 0.465 e. The van der Waals surface area contributed by atoms with Crippen LogP contribution in [0.3, 0.4) is 0 Å². The van der Waals surface area contributed by atoms with Crippen LogP contribution >= 0.6 is 0 Å². The maximum Gasteiger partial charge on any atom is 0.319 e. The molecule has 0 radical (unpaired) electrons. The van der Waals surface area contributed by atoms with E-state index in [2.05, 4.69) is 10.5 Å². The number of rotatable bonds is 5. The maximum absolute atomic E-state index is 12.8. The number of anilines is 1. The SMILES string of the molecule is CCOC(=O)[C@]1(C)CN(C(=O)c2ccccc2)C/C1=N/Nc1ccccc1. The fourth-order valence-electron chi connectivity index (χ4n) is 3.07. The van der Waals surface area contributed by atoms with Gasteiger partial charge in [-0.1, -0.05) is 36.4 Å². The van der Waals surface area contributed by atoms with E-state index in [-0.39, 0.29) is 31.6 Å². The molecule has 2 aromatic rings. The Morgan fingerprint density at radius 2 is 1.74 bits per heavy atom. The fraction of sp³-hybridized carbons (Fsp3) is 0.286. The summed E-state index contributed by atoms with van der Waals surface area (Å²) < 4.78 is 5.26. The molecule has 0 bridgehead atoms. The Morgan fingerprint density at radius 3 is 2.37 bits per heavy atom. The number of hydrogen-bond acceptors (Lipinski definition) is 5. The Bertz CT molecular complexity index is 836. The number of esters is 1. The van der Waals surface area contributed by atoms with Gasteiger partial charge in [0.15, 0.2) is 0 Å². The van der Waals surface area contributed by atoms with Gasteiger partial charge in [-0.15, -0.1) is 0 Å². The molecule has 0 unspecified atom stereocenters. The number of nitrogens with zero attached hydrogens (tertiary/aromatic N) is 2. The van der Waals surface area contributed by atoms with Gasteiger partial charge in [-0.25, -0.2) is 0 Å². The highest BCUT2D eigenvalue weighted by Crippen LogP contribution is 2.31. The van der Waals surface area contributed by atoms with Gasteiger partial charge in [-0.05, 0) is 38.1 Å². The summed E-state index contributed by atoms with van der Waals surface area (Å²) in [5, 5.41) is 4.45. The summed E-state index contributed by atoms with van der Waals surface area (Å²) >= 11 is 0. The van der Waals surface area contributed by atoms with Crippen LogP contribution in [-0.2, 0) is 9.53 Å². The van der Waals surface area contributed by atoms with Crippen LogP contribution in [0.25, 0.3) is 0 Å². The lowest BCUT2D eigenvalue weighted by molar-refractivity contribution is -0.150. The van der Waals surface area contributed by atoms with Gasteiger partial charge >= 0.3 is 5.97 Å². The molecule has 6 heteroatoms. The Kier molecular flexibility index (Phi) is 5.54. The van der Waals surface area contributed by atoms with Crippen molar-refractivity contribution < 1.29 is 14.3 Å². The standard InChI is InChI=1S/C21H23N3O3/c1-3-27-20(26)21(2)15-24(19(25)16-10-6-4-7-11-16)14-18(21)23-22-17-12-8-5-9-13-17/h4-13,22H,3,14-15H2,1-2H3/b23-18-/t21-/m1/s1. The van der Waals surface area contributed by atoms with E-state index < -0.39 is 5.41 Å². The number of likely N-dealkylation sites (tertiary alicyclic amines) is 1. The molecule has 1 N–H and O–H groups in total. The maximum atomic E-state index is 12.8. The van der Waals surface area contributed by atoms with Crippen molar-refractivity contribution in [2.75, 3.05) is 25.1 Å². The molecule has 1 fully saturated rings. The molecule has 1 aliphatic rings. The predicted molar refractivity (Wildman–Crippen MR) is 105 cm³/mol. The highest BCUT2D eigenvalue weighted by Gasteiger charge is 2.49. The first-order chi connectivity index (χ1) is 13.0. The van der Waals surface area contributed by atoms with Crippen molar-refractivity contribution in [1.29, 1.82) is 0 Å². The van der Waals surface area contributed by atoms with Crippen LogP contribution in [-0.4, -0.2) is 42.2 Å². The van der Waals surface area contributed by atoms with Crippen LogP contribution in [0.1, 0.15) is 24.2 Å². The number of para-hydroxylation sites is 1. The molecule has 0 aliphatic carbocycles. The van der Waals surface area contributed by atoms with Gasteiger partial charge in [0.05, 0.1) is 24.6 Å². The number of carbonyl (C=O) groups is 2. The molecule has 1 atom stereocenters. The average molecular weight is 365 g/mol. The summed E-state index contributed by atoms with van der Waals surface area (Å²) in [6.45, 7) is 4.31. The Hall–Kier alpha value is -3.15. The zero-order valence-electron chi connectivity index (χ0n) is 15.5. The number of nitrogens with one attached hydrogen (secondary N) is 1. The van der Waals surface area contributed by atoms with Crippen LogP contribution < -0.4 is 5.43 Å². The zero-order chi connectivity index (χ0) is 19.3. The molecule has 0 spiro atoms. The van der Waals surface area contributed by atoms with Crippen molar-refractivity contribution in [3.05, 3.63) is 66.2 Å². The average Bonchev–Trinajstić information content (AvgIpc) is 3.05. The predicted octanol–water partition coefficient (Wildman–Crippen LogP) is 3.18. The van der Waals surface area contributed by atoms with Crippen molar-refractivity contribution in [1.82, 2.24) is 4.90 Å². The van der Waals surface area contributed by atoms with Crippen LogP contribution in [0.15, 0.2) is 65.8 Å². The third kappa shape index (κ3) is 4.00. The monoisotopic (exact) mass is 365 g/mol. The van der Waals surface area contributed by atoms with Gasteiger partial charge in [0.2, 0.25) is 0 Å². The van der Waals surface area contributed by atoms with Crippen molar-refractivity contribution in [2.24, 2.45) is 10.5 Å². The van der Waals surface area contributed by atoms with Crippen molar-refractivity contribution >= 4 is 23.3 Å². The zero-order valence-corrected chi connectivity index (χ0v) is 15.5. The molecule has 1 heterocycles. The van der Waals surface area contributed by atoms with Crippen LogP contribution in [0.4, 0.5) is 5.69 Å².